The van der Waals surface area contributed by atoms with Crippen LogP contribution in [0.15, 0.2) is 12.4 Å². The molecule has 100 valence electrons. The first-order valence-corrected chi connectivity index (χ1v) is 6.12. The molecule has 0 bridgehead atoms. The van der Waals surface area contributed by atoms with E-state index < -0.39 is 0 Å². The van der Waals surface area contributed by atoms with E-state index >= 15 is 0 Å². The van der Waals surface area contributed by atoms with Gasteiger partial charge in [0.25, 0.3) is 0 Å². The van der Waals surface area contributed by atoms with Gasteiger partial charge >= 0.3 is 0 Å². The van der Waals surface area contributed by atoms with Crippen LogP contribution < -0.4 is 16.0 Å². The van der Waals surface area contributed by atoms with Crippen LogP contribution >= 0.6 is 0 Å². The van der Waals surface area contributed by atoms with Crippen molar-refractivity contribution >= 4 is 17.5 Å². The van der Waals surface area contributed by atoms with E-state index in [9.17, 15) is 4.79 Å². The molecule has 1 amide bonds. The van der Waals surface area contributed by atoms with Crippen LogP contribution in [0.4, 0.5) is 11.6 Å². The third-order valence-corrected chi connectivity index (χ3v) is 2.29. The molecule has 6 nitrogen and oxygen atoms in total. The van der Waals surface area contributed by atoms with Gasteiger partial charge in [0.15, 0.2) is 0 Å². The summed E-state index contributed by atoms with van der Waals surface area (Å²) in [4.78, 5) is 19.5. The molecule has 0 saturated carbocycles. The van der Waals surface area contributed by atoms with Gasteiger partial charge < -0.3 is 16.0 Å². The number of hydrogen-bond acceptors (Lipinski definition) is 5. The highest BCUT2D eigenvalue weighted by Gasteiger charge is 2.02. The predicted molar refractivity (Wildman–Crippen MR) is 72.5 cm³/mol. The van der Waals surface area contributed by atoms with E-state index in [1.54, 1.807) is 13.1 Å². The molecule has 1 aromatic rings. The summed E-state index contributed by atoms with van der Waals surface area (Å²) in [6.45, 7) is 5.41. The highest BCUT2D eigenvalue weighted by atomic mass is 16.1. The van der Waals surface area contributed by atoms with Crippen molar-refractivity contribution in [2.75, 3.05) is 30.8 Å². The number of anilines is 2. The Hall–Kier alpha value is -1.85. The molecule has 1 aromatic heterocycles. The zero-order valence-corrected chi connectivity index (χ0v) is 11.2. The van der Waals surface area contributed by atoms with Crippen molar-refractivity contribution in [2.24, 2.45) is 5.92 Å². The monoisotopic (exact) mass is 251 g/mol. The van der Waals surface area contributed by atoms with Crippen molar-refractivity contribution in [2.45, 2.75) is 20.3 Å². The topological polar surface area (TPSA) is 78.9 Å². The van der Waals surface area contributed by atoms with Gasteiger partial charge in [-0.1, -0.05) is 13.8 Å². The fourth-order valence-electron chi connectivity index (χ4n) is 1.30. The van der Waals surface area contributed by atoms with Crippen LogP contribution in [0.1, 0.15) is 20.3 Å². The second kappa shape index (κ2) is 7.47. The number of nitrogens with zero attached hydrogens (tertiary/aromatic N) is 2. The van der Waals surface area contributed by atoms with Crippen LogP contribution in [0, 0.1) is 5.92 Å². The molecular weight excluding hydrogens is 230 g/mol. The molecule has 0 aliphatic carbocycles. The fourth-order valence-corrected chi connectivity index (χ4v) is 1.30. The van der Waals surface area contributed by atoms with Crippen molar-refractivity contribution in [1.82, 2.24) is 15.3 Å². The smallest absolute Gasteiger partial charge is 0.221 e. The lowest BCUT2D eigenvalue weighted by molar-refractivity contribution is -0.120. The molecule has 0 aliphatic heterocycles. The maximum atomic E-state index is 11.5. The van der Waals surface area contributed by atoms with Crippen LogP contribution in [0.3, 0.4) is 0 Å². The molecule has 0 radical (unpaired) electrons. The van der Waals surface area contributed by atoms with Gasteiger partial charge in [0, 0.05) is 32.6 Å². The van der Waals surface area contributed by atoms with Crippen LogP contribution in [0.2, 0.25) is 0 Å². The number of amides is 1. The molecule has 18 heavy (non-hydrogen) atoms. The molecule has 1 rings (SSSR count). The summed E-state index contributed by atoms with van der Waals surface area (Å²) in [7, 11) is 1.80. The lowest BCUT2D eigenvalue weighted by Crippen LogP contribution is -2.28. The summed E-state index contributed by atoms with van der Waals surface area (Å²) in [5.41, 5.74) is 0. The fraction of sp³-hybridized carbons (Fsp3) is 0.583. The number of nitrogens with one attached hydrogen (secondary N) is 3. The Morgan fingerprint density at radius 3 is 2.72 bits per heavy atom. The highest BCUT2D eigenvalue weighted by molar-refractivity contribution is 5.76. The number of hydrogen-bond donors (Lipinski definition) is 3. The quantitative estimate of drug-likeness (QED) is 0.676. The Bertz CT molecular complexity index is 380. The van der Waals surface area contributed by atoms with E-state index in [1.165, 1.54) is 6.33 Å². The minimum atomic E-state index is 0.0547. The van der Waals surface area contributed by atoms with E-state index in [2.05, 4.69) is 39.8 Å². The maximum absolute atomic E-state index is 11.5. The molecule has 0 atom stereocenters. The first kappa shape index (κ1) is 14.2. The van der Waals surface area contributed by atoms with Gasteiger partial charge in [-0.05, 0) is 5.92 Å². The Morgan fingerprint density at radius 1 is 1.33 bits per heavy atom. The molecule has 0 saturated heterocycles. The average molecular weight is 251 g/mol. The summed E-state index contributed by atoms with van der Waals surface area (Å²) < 4.78 is 0. The van der Waals surface area contributed by atoms with Crippen molar-refractivity contribution in [3.63, 3.8) is 0 Å². The van der Waals surface area contributed by atoms with Gasteiger partial charge in [-0.2, -0.15) is 0 Å². The second-order valence-electron chi connectivity index (χ2n) is 4.41. The van der Waals surface area contributed by atoms with Crippen molar-refractivity contribution in [3.8, 4) is 0 Å². The zero-order chi connectivity index (χ0) is 13.4. The van der Waals surface area contributed by atoms with E-state index in [0.717, 1.165) is 12.4 Å². The molecule has 3 N–H and O–H groups in total. The highest BCUT2D eigenvalue weighted by Crippen LogP contribution is 2.07. The Labute approximate surface area is 108 Å². The van der Waals surface area contributed by atoms with E-state index in [-0.39, 0.29) is 5.91 Å². The van der Waals surface area contributed by atoms with Gasteiger partial charge in [-0.3, -0.25) is 4.79 Å². The van der Waals surface area contributed by atoms with Crippen LogP contribution in [-0.4, -0.2) is 36.0 Å². The van der Waals surface area contributed by atoms with Crippen molar-refractivity contribution in [1.29, 1.82) is 0 Å². The standard InChI is InChI=1S/C12H21N5O/c1-9(2)7-15-12(18)4-5-14-11-6-10(13-3)16-8-17-11/h6,8-9H,4-5,7H2,1-3H3,(H,15,18)(H2,13,14,16,17). The van der Waals surface area contributed by atoms with Gasteiger partial charge in [0.2, 0.25) is 5.91 Å². The number of carbonyl (C=O) groups is 1. The van der Waals surface area contributed by atoms with E-state index in [1.807, 2.05) is 0 Å². The molecule has 0 unspecified atom stereocenters. The van der Waals surface area contributed by atoms with Crippen LogP contribution in [0.5, 0.6) is 0 Å². The minimum absolute atomic E-state index is 0.0547. The molecule has 0 aromatic carbocycles. The van der Waals surface area contributed by atoms with Gasteiger partial charge in [-0.25, -0.2) is 9.97 Å². The third-order valence-electron chi connectivity index (χ3n) is 2.29. The maximum Gasteiger partial charge on any atom is 0.221 e. The summed E-state index contributed by atoms with van der Waals surface area (Å²) in [6.07, 6.45) is 1.92. The Balaban J connectivity index is 2.26. The summed E-state index contributed by atoms with van der Waals surface area (Å²) >= 11 is 0. The summed E-state index contributed by atoms with van der Waals surface area (Å²) in [5.74, 6) is 1.99. The molecule has 0 fully saturated rings. The zero-order valence-electron chi connectivity index (χ0n) is 11.2. The van der Waals surface area contributed by atoms with Crippen molar-refractivity contribution < 1.29 is 4.79 Å². The average Bonchev–Trinajstić information content (AvgIpc) is 2.36. The Kier molecular flexibility index (Phi) is 5.90. The molecule has 6 heteroatoms. The Morgan fingerprint density at radius 2 is 2.06 bits per heavy atom. The number of carbonyl (C=O) groups excluding carboxylic acids is 1. The molecular formula is C12H21N5O. The normalized spacial score (nSPS) is 10.2. The minimum Gasteiger partial charge on any atom is -0.373 e. The molecule has 0 spiro atoms. The molecule has 1 heterocycles. The third kappa shape index (κ3) is 5.47. The summed E-state index contributed by atoms with van der Waals surface area (Å²) in [5, 5.41) is 8.88. The summed E-state index contributed by atoms with van der Waals surface area (Å²) in [6, 6.07) is 1.80. The second-order valence-corrected chi connectivity index (χ2v) is 4.41. The number of rotatable bonds is 7. The SMILES string of the molecule is CNc1cc(NCCC(=O)NCC(C)C)ncn1. The lowest BCUT2D eigenvalue weighted by atomic mass is 10.2. The first-order chi connectivity index (χ1) is 8.61. The van der Waals surface area contributed by atoms with Gasteiger partial charge in [0.1, 0.15) is 18.0 Å². The van der Waals surface area contributed by atoms with E-state index in [0.29, 0.717) is 24.7 Å². The van der Waals surface area contributed by atoms with Crippen LogP contribution in [-0.2, 0) is 4.79 Å². The molecule has 0 aliphatic rings. The largest absolute Gasteiger partial charge is 0.373 e. The van der Waals surface area contributed by atoms with Crippen molar-refractivity contribution in [3.05, 3.63) is 12.4 Å². The lowest BCUT2D eigenvalue weighted by Gasteiger charge is -2.09. The van der Waals surface area contributed by atoms with Crippen LogP contribution in [0.25, 0.3) is 0 Å². The number of aromatic nitrogens is 2. The predicted octanol–water partition coefficient (Wildman–Crippen LogP) is 1.09. The van der Waals surface area contributed by atoms with E-state index in [4.69, 9.17) is 0 Å². The van der Waals surface area contributed by atoms with Gasteiger partial charge in [-0.15, -0.1) is 0 Å². The van der Waals surface area contributed by atoms with Gasteiger partial charge in [0.05, 0.1) is 0 Å². The first-order valence-electron chi connectivity index (χ1n) is 6.12.